The maximum Gasteiger partial charge on any atom is 0.0640 e. The highest BCUT2D eigenvalue weighted by molar-refractivity contribution is 6.42. The van der Waals surface area contributed by atoms with Crippen molar-refractivity contribution in [2.24, 2.45) is 11.8 Å². The molecule has 2 rings (SSSR count). The van der Waals surface area contributed by atoms with Gasteiger partial charge < -0.3 is 0 Å². The third-order valence-corrected chi connectivity index (χ3v) is 3.95. The predicted molar refractivity (Wildman–Crippen MR) is 68.5 cm³/mol. The summed E-state index contributed by atoms with van der Waals surface area (Å²) in [5.41, 5.74) is 3.82. The van der Waals surface area contributed by atoms with Gasteiger partial charge in [0.15, 0.2) is 0 Å². The Morgan fingerprint density at radius 2 is 2.12 bits per heavy atom. The van der Waals surface area contributed by atoms with Crippen molar-refractivity contribution in [3.8, 4) is 0 Å². The van der Waals surface area contributed by atoms with Crippen LogP contribution in [0.3, 0.4) is 0 Å². The average Bonchev–Trinajstić information content (AvgIpc) is 3.08. The Morgan fingerprint density at radius 3 is 2.75 bits per heavy atom. The van der Waals surface area contributed by atoms with E-state index in [1.807, 2.05) is 12.1 Å². The number of rotatable bonds is 5. The van der Waals surface area contributed by atoms with Crippen molar-refractivity contribution in [3.63, 3.8) is 0 Å². The highest BCUT2D eigenvalue weighted by Gasteiger charge is 2.23. The zero-order chi connectivity index (χ0) is 11.5. The van der Waals surface area contributed by atoms with E-state index in [9.17, 15) is 0 Å². The summed E-state index contributed by atoms with van der Waals surface area (Å²) in [7, 11) is 0. The van der Waals surface area contributed by atoms with Gasteiger partial charge in [-0.3, -0.25) is 11.3 Å². The molecule has 1 unspecified atom stereocenters. The molecule has 3 N–H and O–H groups in total. The third kappa shape index (κ3) is 2.89. The second kappa shape index (κ2) is 5.37. The summed E-state index contributed by atoms with van der Waals surface area (Å²) >= 11 is 12.2. The van der Waals surface area contributed by atoms with Crippen LogP contribution in [-0.4, -0.2) is 0 Å². The number of nitrogens with one attached hydrogen (secondary N) is 1. The molecule has 0 amide bonds. The molecule has 1 aliphatic carbocycles. The van der Waals surface area contributed by atoms with Gasteiger partial charge in [-0.05, 0) is 30.4 Å². The van der Waals surface area contributed by atoms with Crippen LogP contribution in [0.25, 0.3) is 0 Å². The van der Waals surface area contributed by atoms with Crippen LogP contribution in [0.4, 0.5) is 0 Å². The van der Waals surface area contributed by atoms with Crippen LogP contribution in [0.2, 0.25) is 10.0 Å². The number of hydrogen-bond acceptors (Lipinski definition) is 2. The normalized spacial score (nSPS) is 17.4. The minimum absolute atomic E-state index is 0.104. The van der Waals surface area contributed by atoms with Crippen LogP contribution < -0.4 is 11.3 Å². The van der Waals surface area contributed by atoms with Gasteiger partial charge in [0.1, 0.15) is 0 Å². The van der Waals surface area contributed by atoms with E-state index in [2.05, 4.69) is 5.43 Å². The van der Waals surface area contributed by atoms with Crippen LogP contribution in [0.15, 0.2) is 18.2 Å². The predicted octanol–water partition coefficient (Wildman–Crippen LogP) is 3.69. The Balaban J connectivity index is 2.08. The van der Waals surface area contributed by atoms with E-state index >= 15 is 0 Å². The summed E-state index contributed by atoms with van der Waals surface area (Å²) in [5.74, 6) is 6.48. The van der Waals surface area contributed by atoms with E-state index < -0.39 is 0 Å². The lowest BCUT2D eigenvalue weighted by molar-refractivity contribution is 0.482. The lowest BCUT2D eigenvalue weighted by Gasteiger charge is -2.18. The fourth-order valence-corrected chi connectivity index (χ4v) is 2.37. The van der Waals surface area contributed by atoms with E-state index in [1.54, 1.807) is 6.07 Å². The molecule has 1 saturated carbocycles. The summed E-state index contributed by atoms with van der Waals surface area (Å²) in [6.07, 6.45) is 4.94. The van der Waals surface area contributed by atoms with Crippen molar-refractivity contribution in [3.05, 3.63) is 33.8 Å². The van der Waals surface area contributed by atoms with Crippen LogP contribution >= 0.6 is 23.2 Å². The summed E-state index contributed by atoms with van der Waals surface area (Å²) in [6.45, 7) is 0. The van der Waals surface area contributed by atoms with Gasteiger partial charge in [-0.2, -0.15) is 0 Å². The van der Waals surface area contributed by atoms with Crippen molar-refractivity contribution in [2.75, 3.05) is 0 Å². The first kappa shape index (κ1) is 12.2. The van der Waals surface area contributed by atoms with Crippen molar-refractivity contribution in [1.82, 2.24) is 5.43 Å². The van der Waals surface area contributed by atoms with Gasteiger partial charge in [0.05, 0.1) is 10.0 Å². The number of benzene rings is 1. The number of hydrazine groups is 1. The highest BCUT2D eigenvalue weighted by atomic mass is 35.5. The molecule has 1 atom stereocenters. The van der Waals surface area contributed by atoms with Crippen LogP contribution in [0.1, 0.15) is 37.3 Å². The molecule has 0 aliphatic heterocycles. The molecule has 16 heavy (non-hydrogen) atoms. The smallest absolute Gasteiger partial charge is 0.0640 e. The molecule has 0 aromatic heterocycles. The minimum Gasteiger partial charge on any atom is -0.271 e. The average molecular weight is 259 g/mol. The summed E-state index contributed by atoms with van der Waals surface area (Å²) < 4.78 is 0. The van der Waals surface area contributed by atoms with Crippen molar-refractivity contribution in [2.45, 2.75) is 31.7 Å². The molecule has 4 heteroatoms. The Labute approximate surface area is 106 Å². The molecule has 0 radical (unpaired) electrons. The fraction of sp³-hybridized carbons (Fsp3) is 0.500. The van der Waals surface area contributed by atoms with Gasteiger partial charge in [-0.15, -0.1) is 0 Å². The standard InChI is InChI=1S/C12H16Cl2N2/c13-10-3-1-2-9(12(10)14)11(16-15)7-6-8-4-5-8/h1-3,8,11,16H,4-7,15H2. The van der Waals surface area contributed by atoms with Crippen LogP contribution in [-0.2, 0) is 0 Å². The molecule has 1 aliphatic rings. The van der Waals surface area contributed by atoms with Gasteiger partial charge in [-0.1, -0.05) is 48.2 Å². The zero-order valence-electron chi connectivity index (χ0n) is 9.05. The van der Waals surface area contributed by atoms with E-state index in [1.165, 1.54) is 19.3 Å². The maximum atomic E-state index is 6.17. The van der Waals surface area contributed by atoms with E-state index in [-0.39, 0.29) is 6.04 Å². The van der Waals surface area contributed by atoms with Gasteiger partial charge in [-0.25, -0.2) is 0 Å². The number of halogens is 2. The van der Waals surface area contributed by atoms with Gasteiger partial charge in [0.25, 0.3) is 0 Å². The molecule has 0 spiro atoms. The van der Waals surface area contributed by atoms with Crippen molar-refractivity contribution >= 4 is 23.2 Å². The van der Waals surface area contributed by atoms with Crippen LogP contribution in [0, 0.1) is 5.92 Å². The summed E-state index contributed by atoms with van der Waals surface area (Å²) in [5, 5.41) is 1.20. The van der Waals surface area contributed by atoms with Crippen molar-refractivity contribution < 1.29 is 0 Å². The molecule has 1 fully saturated rings. The number of hydrogen-bond donors (Lipinski definition) is 2. The minimum atomic E-state index is 0.104. The molecule has 2 nitrogen and oxygen atoms in total. The second-order valence-electron chi connectivity index (χ2n) is 4.38. The Morgan fingerprint density at radius 1 is 1.38 bits per heavy atom. The molecule has 0 saturated heterocycles. The van der Waals surface area contributed by atoms with Crippen LogP contribution in [0.5, 0.6) is 0 Å². The largest absolute Gasteiger partial charge is 0.271 e. The summed E-state index contributed by atoms with van der Waals surface area (Å²) in [6, 6.07) is 5.78. The van der Waals surface area contributed by atoms with E-state index in [4.69, 9.17) is 29.0 Å². The van der Waals surface area contributed by atoms with Gasteiger partial charge >= 0.3 is 0 Å². The lowest BCUT2D eigenvalue weighted by atomic mass is 10.0. The molecular formula is C12H16Cl2N2. The van der Waals surface area contributed by atoms with Crippen molar-refractivity contribution in [1.29, 1.82) is 0 Å². The highest BCUT2D eigenvalue weighted by Crippen LogP contribution is 2.37. The van der Waals surface area contributed by atoms with Gasteiger partial charge in [0.2, 0.25) is 0 Å². The summed E-state index contributed by atoms with van der Waals surface area (Å²) in [4.78, 5) is 0. The monoisotopic (exact) mass is 258 g/mol. The maximum absolute atomic E-state index is 6.17. The molecule has 1 aromatic rings. The SMILES string of the molecule is NNC(CCC1CC1)c1cccc(Cl)c1Cl. The first-order valence-corrected chi connectivity index (χ1v) is 6.38. The second-order valence-corrected chi connectivity index (χ2v) is 5.17. The zero-order valence-corrected chi connectivity index (χ0v) is 10.6. The van der Waals surface area contributed by atoms with Gasteiger partial charge in [0, 0.05) is 6.04 Å². The molecular weight excluding hydrogens is 243 g/mol. The molecule has 1 aromatic carbocycles. The first-order valence-electron chi connectivity index (χ1n) is 5.62. The lowest BCUT2D eigenvalue weighted by Crippen LogP contribution is -2.28. The molecule has 88 valence electrons. The van der Waals surface area contributed by atoms with E-state index in [0.717, 1.165) is 17.9 Å². The fourth-order valence-electron chi connectivity index (χ4n) is 1.93. The Bertz CT molecular complexity index is 364. The topological polar surface area (TPSA) is 38.0 Å². The third-order valence-electron chi connectivity index (χ3n) is 3.12. The Kier molecular flexibility index (Phi) is 4.09. The quantitative estimate of drug-likeness (QED) is 0.625. The number of nitrogens with two attached hydrogens (primary N) is 1. The van der Waals surface area contributed by atoms with E-state index in [0.29, 0.717) is 10.0 Å². The Hall–Kier alpha value is -0.280. The molecule has 0 bridgehead atoms. The first-order chi connectivity index (χ1) is 7.72. The molecule has 0 heterocycles.